The lowest BCUT2D eigenvalue weighted by Crippen LogP contribution is -2.62. The number of hydrogen-bond acceptors (Lipinski definition) is 6. The summed E-state index contributed by atoms with van der Waals surface area (Å²) in [6, 6.07) is 18.0. The molecule has 2 aromatic rings. The van der Waals surface area contributed by atoms with E-state index in [2.05, 4.69) is 12.1 Å². The van der Waals surface area contributed by atoms with Crippen molar-refractivity contribution in [2.45, 2.75) is 57.3 Å². The number of rotatable bonds is 7. The molecular formula is C24H30O6. The van der Waals surface area contributed by atoms with Gasteiger partial charge in [-0.1, -0.05) is 42.5 Å². The third-order valence-corrected chi connectivity index (χ3v) is 5.45. The Labute approximate surface area is 178 Å². The Kier molecular flexibility index (Phi) is 6.71. The number of fused-ring (bicyclic) bond motifs is 1. The molecule has 2 aromatic carbocycles. The third kappa shape index (κ3) is 5.20. The largest absolute Gasteiger partial charge is 0.497 e. The fraction of sp³-hybridized carbons (Fsp3) is 0.500. The zero-order valence-electron chi connectivity index (χ0n) is 17.8. The second kappa shape index (κ2) is 9.45. The summed E-state index contributed by atoms with van der Waals surface area (Å²) in [6.07, 6.45) is -0.928. The van der Waals surface area contributed by atoms with E-state index in [0.29, 0.717) is 26.4 Å². The van der Waals surface area contributed by atoms with Gasteiger partial charge in [0.15, 0.2) is 5.79 Å². The van der Waals surface area contributed by atoms with Crippen LogP contribution in [0.25, 0.3) is 0 Å². The number of benzene rings is 2. The molecule has 162 valence electrons. The van der Waals surface area contributed by atoms with Crippen molar-refractivity contribution in [2.75, 3.05) is 20.3 Å². The van der Waals surface area contributed by atoms with Gasteiger partial charge in [-0.25, -0.2) is 0 Å². The van der Waals surface area contributed by atoms with Gasteiger partial charge in [-0.3, -0.25) is 0 Å². The van der Waals surface area contributed by atoms with Gasteiger partial charge in [-0.05, 0) is 37.1 Å². The van der Waals surface area contributed by atoms with E-state index in [-0.39, 0.29) is 24.4 Å². The fourth-order valence-electron chi connectivity index (χ4n) is 3.80. The van der Waals surface area contributed by atoms with Crippen LogP contribution in [0.3, 0.4) is 0 Å². The van der Waals surface area contributed by atoms with Crippen molar-refractivity contribution >= 4 is 0 Å². The number of hydrogen-bond donors (Lipinski definition) is 0. The van der Waals surface area contributed by atoms with Crippen LogP contribution in [-0.4, -0.2) is 50.5 Å². The molecule has 0 N–H and O–H groups in total. The van der Waals surface area contributed by atoms with E-state index < -0.39 is 5.79 Å². The summed E-state index contributed by atoms with van der Waals surface area (Å²) >= 11 is 0. The monoisotopic (exact) mass is 414 g/mol. The molecule has 6 nitrogen and oxygen atoms in total. The zero-order chi connectivity index (χ0) is 21.0. The molecule has 2 heterocycles. The molecule has 0 radical (unpaired) electrons. The molecule has 0 aromatic heterocycles. The summed E-state index contributed by atoms with van der Waals surface area (Å²) in [4.78, 5) is 0. The van der Waals surface area contributed by atoms with Crippen molar-refractivity contribution in [2.24, 2.45) is 0 Å². The molecule has 0 amide bonds. The van der Waals surface area contributed by atoms with Crippen molar-refractivity contribution in [3.05, 3.63) is 65.7 Å². The predicted molar refractivity (Wildman–Crippen MR) is 111 cm³/mol. The van der Waals surface area contributed by atoms with Crippen LogP contribution in [0.15, 0.2) is 54.6 Å². The second-order valence-electron chi connectivity index (χ2n) is 8.12. The van der Waals surface area contributed by atoms with Gasteiger partial charge >= 0.3 is 0 Å². The van der Waals surface area contributed by atoms with Crippen molar-refractivity contribution in [3.63, 3.8) is 0 Å². The van der Waals surface area contributed by atoms with Crippen LogP contribution >= 0.6 is 0 Å². The minimum absolute atomic E-state index is 0.167. The van der Waals surface area contributed by atoms with Gasteiger partial charge < -0.3 is 28.4 Å². The maximum absolute atomic E-state index is 6.36. The molecule has 30 heavy (non-hydrogen) atoms. The van der Waals surface area contributed by atoms with E-state index in [1.807, 2.05) is 56.3 Å². The Balaban J connectivity index is 1.46. The molecule has 6 heteroatoms. The van der Waals surface area contributed by atoms with Gasteiger partial charge in [-0.15, -0.1) is 0 Å². The highest BCUT2D eigenvalue weighted by atomic mass is 16.7. The van der Waals surface area contributed by atoms with Crippen LogP contribution in [0.5, 0.6) is 5.75 Å². The van der Waals surface area contributed by atoms with Crippen LogP contribution in [0.4, 0.5) is 0 Å². The van der Waals surface area contributed by atoms with E-state index in [1.54, 1.807) is 7.11 Å². The van der Waals surface area contributed by atoms with E-state index >= 15 is 0 Å². The summed E-state index contributed by atoms with van der Waals surface area (Å²) < 4.78 is 35.9. The Bertz CT molecular complexity index is 791. The topological polar surface area (TPSA) is 55.4 Å². The number of ether oxygens (including phenoxy) is 6. The molecule has 0 saturated carbocycles. The summed E-state index contributed by atoms with van der Waals surface area (Å²) in [7, 11) is 1.66. The highest BCUT2D eigenvalue weighted by molar-refractivity contribution is 5.26. The first kappa shape index (κ1) is 21.3. The molecule has 2 aliphatic heterocycles. The summed E-state index contributed by atoms with van der Waals surface area (Å²) in [5, 5.41) is 0. The smallest absolute Gasteiger partial charge is 0.163 e. The third-order valence-electron chi connectivity index (χ3n) is 5.45. The van der Waals surface area contributed by atoms with Crippen molar-refractivity contribution in [1.29, 1.82) is 0 Å². The van der Waals surface area contributed by atoms with Gasteiger partial charge in [0.25, 0.3) is 0 Å². The quantitative estimate of drug-likeness (QED) is 0.688. The first-order chi connectivity index (χ1) is 14.5. The zero-order valence-corrected chi connectivity index (χ0v) is 17.8. The van der Waals surface area contributed by atoms with Gasteiger partial charge in [0.05, 0.1) is 33.5 Å². The molecular weight excluding hydrogens is 384 g/mol. The van der Waals surface area contributed by atoms with Crippen molar-refractivity contribution < 1.29 is 28.4 Å². The first-order valence-corrected chi connectivity index (χ1v) is 10.4. The average Bonchev–Trinajstić information content (AvgIpc) is 2.77. The van der Waals surface area contributed by atoms with E-state index in [9.17, 15) is 0 Å². The Morgan fingerprint density at radius 2 is 1.60 bits per heavy atom. The van der Waals surface area contributed by atoms with Crippen LogP contribution in [0.1, 0.15) is 25.0 Å². The molecule has 0 bridgehead atoms. The normalized spacial score (nSPS) is 28.0. The SMILES string of the molecule is COc1ccc(COC2COC3COC(C)(C)O[C@@H]3[C@@H]2OCc2ccccc2)cc1. The van der Waals surface area contributed by atoms with E-state index in [4.69, 9.17) is 28.4 Å². The fourth-order valence-corrected chi connectivity index (χ4v) is 3.80. The number of methoxy groups -OCH3 is 1. The summed E-state index contributed by atoms with van der Waals surface area (Å²) in [6.45, 7) is 5.69. The molecule has 2 fully saturated rings. The van der Waals surface area contributed by atoms with Gasteiger partial charge in [0, 0.05) is 0 Å². The lowest BCUT2D eigenvalue weighted by molar-refractivity contribution is -0.354. The average molecular weight is 414 g/mol. The highest BCUT2D eigenvalue weighted by Gasteiger charge is 2.48. The Morgan fingerprint density at radius 3 is 2.33 bits per heavy atom. The van der Waals surface area contributed by atoms with Crippen molar-refractivity contribution in [3.8, 4) is 5.75 Å². The minimum atomic E-state index is -0.684. The maximum atomic E-state index is 6.36. The Hall–Kier alpha value is -1.96. The van der Waals surface area contributed by atoms with Gasteiger partial charge in [-0.2, -0.15) is 0 Å². The lowest BCUT2D eigenvalue weighted by atomic mass is 9.98. The van der Waals surface area contributed by atoms with E-state index in [0.717, 1.165) is 16.9 Å². The van der Waals surface area contributed by atoms with E-state index in [1.165, 1.54) is 0 Å². The molecule has 2 aliphatic rings. The Morgan fingerprint density at radius 1 is 0.900 bits per heavy atom. The summed E-state index contributed by atoms with van der Waals surface area (Å²) in [5.41, 5.74) is 2.17. The minimum Gasteiger partial charge on any atom is -0.497 e. The standard InChI is InChI=1S/C24H30O6/c1-24(2)29-16-21-23(30-24)22(28-14-17-7-5-4-6-8-17)20(15-27-21)26-13-18-9-11-19(25-3)12-10-18/h4-12,20-23H,13-16H2,1-3H3/t20?,21?,22-,23+/m1/s1. The van der Waals surface area contributed by atoms with Crippen LogP contribution < -0.4 is 4.74 Å². The lowest BCUT2D eigenvalue weighted by Gasteiger charge is -2.48. The molecule has 0 aliphatic carbocycles. The van der Waals surface area contributed by atoms with Crippen LogP contribution in [0, 0.1) is 0 Å². The van der Waals surface area contributed by atoms with Gasteiger partial charge in [0.2, 0.25) is 0 Å². The molecule has 2 saturated heterocycles. The molecule has 2 unspecified atom stereocenters. The van der Waals surface area contributed by atoms with Crippen LogP contribution in [-0.2, 0) is 36.9 Å². The van der Waals surface area contributed by atoms with Crippen LogP contribution in [0.2, 0.25) is 0 Å². The van der Waals surface area contributed by atoms with Gasteiger partial charge in [0.1, 0.15) is 30.2 Å². The molecule has 0 spiro atoms. The maximum Gasteiger partial charge on any atom is 0.163 e. The first-order valence-electron chi connectivity index (χ1n) is 10.4. The molecule has 4 atom stereocenters. The predicted octanol–water partition coefficient (Wildman–Crippen LogP) is 3.72. The molecule has 4 rings (SSSR count). The second-order valence-corrected chi connectivity index (χ2v) is 8.12. The van der Waals surface area contributed by atoms with Crippen molar-refractivity contribution in [1.82, 2.24) is 0 Å². The highest BCUT2D eigenvalue weighted by Crippen LogP contribution is 2.33. The summed E-state index contributed by atoms with van der Waals surface area (Å²) in [5.74, 6) is 0.140.